The Morgan fingerprint density at radius 2 is 1.60 bits per heavy atom. The molecule has 0 aromatic heterocycles. The number of carboxylic acids is 1. The van der Waals surface area contributed by atoms with Crippen molar-refractivity contribution >= 4 is 11.8 Å². The number of carbonyl (C=O) groups is 2. The summed E-state index contributed by atoms with van der Waals surface area (Å²) in [6, 6.07) is 15.4. The van der Waals surface area contributed by atoms with Crippen molar-refractivity contribution in [3.63, 3.8) is 0 Å². The summed E-state index contributed by atoms with van der Waals surface area (Å²) in [6.07, 6.45) is -1.01. The molecule has 0 amide bonds. The molecule has 4 heteroatoms. The molecule has 0 aliphatic heterocycles. The van der Waals surface area contributed by atoms with Gasteiger partial charge < -0.3 is 9.84 Å². The molecule has 0 radical (unpaired) electrons. The predicted octanol–water partition coefficient (Wildman–Crippen LogP) is 2.77. The fourth-order valence-electron chi connectivity index (χ4n) is 1.74. The minimum absolute atomic E-state index is 0.196. The van der Waals surface area contributed by atoms with E-state index < -0.39 is 12.1 Å². The number of ketones is 1. The lowest BCUT2D eigenvalue weighted by Crippen LogP contribution is -2.23. The fourth-order valence-corrected chi connectivity index (χ4v) is 1.74. The average Bonchev–Trinajstić information content (AvgIpc) is 2.48. The Morgan fingerprint density at radius 1 is 1.00 bits per heavy atom. The van der Waals surface area contributed by atoms with Crippen molar-refractivity contribution in [1.29, 1.82) is 0 Å². The highest BCUT2D eigenvalue weighted by Crippen LogP contribution is 2.22. The first kappa shape index (κ1) is 13.8. The SMILES string of the molecule is C[C@H](Oc1ccccc1C(=O)c1ccccc1)C(=O)O. The number of hydrogen-bond acceptors (Lipinski definition) is 3. The summed E-state index contributed by atoms with van der Waals surface area (Å²) in [7, 11) is 0. The van der Waals surface area contributed by atoms with Crippen molar-refractivity contribution in [2.24, 2.45) is 0 Å². The van der Waals surface area contributed by atoms with Gasteiger partial charge in [0.2, 0.25) is 0 Å². The average molecular weight is 270 g/mol. The van der Waals surface area contributed by atoms with Crippen LogP contribution in [0, 0.1) is 0 Å². The maximum absolute atomic E-state index is 12.4. The topological polar surface area (TPSA) is 63.6 Å². The number of carbonyl (C=O) groups excluding carboxylic acids is 1. The van der Waals surface area contributed by atoms with E-state index in [-0.39, 0.29) is 11.5 Å². The van der Waals surface area contributed by atoms with E-state index in [0.717, 1.165) is 0 Å². The molecule has 0 aliphatic rings. The number of benzene rings is 2. The summed E-state index contributed by atoms with van der Waals surface area (Å²) in [4.78, 5) is 23.2. The Hall–Kier alpha value is -2.62. The molecule has 20 heavy (non-hydrogen) atoms. The molecule has 2 aromatic rings. The first-order valence-corrected chi connectivity index (χ1v) is 6.18. The lowest BCUT2D eigenvalue weighted by Gasteiger charge is -2.13. The van der Waals surface area contributed by atoms with Gasteiger partial charge in [-0.15, -0.1) is 0 Å². The number of rotatable bonds is 5. The second-order valence-electron chi connectivity index (χ2n) is 4.29. The Morgan fingerprint density at radius 3 is 2.25 bits per heavy atom. The monoisotopic (exact) mass is 270 g/mol. The lowest BCUT2D eigenvalue weighted by molar-refractivity contribution is -0.144. The van der Waals surface area contributed by atoms with E-state index in [1.54, 1.807) is 48.5 Å². The van der Waals surface area contributed by atoms with Gasteiger partial charge in [0.15, 0.2) is 11.9 Å². The van der Waals surface area contributed by atoms with Crippen LogP contribution in [0.4, 0.5) is 0 Å². The van der Waals surface area contributed by atoms with Crippen LogP contribution in [0.2, 0.25) is 0 Å². The summed E-state index contributed by atoms with van der Waals surface area (Å²) < 4.78 is 5.33. The molecule has 1 N–H and O–H groups in total. The van der Waals surface area contributed by atoms with Crippen LogP contribution in [0.15, 0.2) is 54.6 Å². The number of aliphatic carboxylic acids is 1. The Balaban J connectivity index is 2.33. The molecule has 0 fully saturated rings. The molecule has 0 bridgehead atoms. The van der Waals surface area contributed by atoms with Crippen LogP contribution >= 0.6 is 0 Å². The Labute approximate surface area is 116 Å². The summed E-state index contributed by atoms with van der Waals surface area (Å²) in [5.41, 5.74) is 0.887. The number of hydrogen-bond donors (Lipinski definition) is 1. The molecule has 1 atom stereocenters. The largest absolute Gasteiger partial charge is 0.479 e. The van der Waals surface area contributed by atoms with Gasteiger partial charge in [-0.25, -0.2) is 4.79 Å². The molecule has 4 nitrogen and oxygen atoms in total. The lowest BCUT2D eigenvalue weighted by atomic mass is 10.0. The van der Waals surface area contributed by atoms with Crippen molar-refractivity contribution in [3.8, 4) is 5.75 Å². The molecule has 0 unspecified atom stereocenters. The van der Waals surface area contributed by atoms with Gasteiger partial charge in [-0.1, -0.05) is 42.5 Å². The van der Waals surface area contributed by atoms with Crippen LogP contribution in [0.5, 0.6) is 5.75 Å². The van der Waals surface area contributed by atoms with Crippen LogP contribution < -0.4 is 4.74 Å². The molecular weight excluding hydrogens is 256 g/mol. The van der Waals surface area contributed by atoms with Crippen LogP contribution in [-0.4, -0.2) is 23.0 Å². The maximum Gasteiger partial charge on any atom is 0.344 e. The van der Waals surface area contributed by atoms with Crippen LogP contribution in [-0.2, 0) is 4.79 Å². The fraction of sp³-hybridized carbons (Fsp3) is 0.125. The van der Waals surface area contributed by atoms with E-state index in [1.165, 1.54) is 6.92 Å². The van der Waals surface area contributed by atoms with Gasteiger partial charge in [0.1, 0.15) is 5.75 Å². The smallest absolute Gasteiger partial charge is 0.344 e. The third-order valence-corrected chi connectivity index (χ3v) is 2.82. The minimum Gasteiger partial charge on any atom is -0.479 e. The Kier molecular flexibility index (Phi) is 4.15. The van der Waals surface area contributed by atoms with Crippen molar-refractivity contribution in [2.75, 3.05) is 0 Å². The van der Waals surface area contributed by atoms with E-state index in [2.05, 4.69) is 0 Å². The number of ether oxygens (including phenoxy) is 1. The zero-order chi connectivity index (χ0) is 14.5. The summed E-state index contributed by atoms with van der Waals surface area (Å²) in [5.74, 6) is -0.998. The number of carboxylic acid groups (broad SMARTS) is 1. The molecule has 0 saturated carbocycles. The predicted molar refractivity (Wildman–Crippen MR) is 74.0 cm³/mol. The quantitative estimate of drug-likeness (QED) is 0.848. The first-order chi connectivity index (χ1) is 9.59. The molecule has 0 saturated heterocycles. The molecule has 0 spiro atoms. The van der Waals surface area contributed by atoms with Gasteiger partial charge in [0.25, 0.3) is 0 Å². The molecule has 102 valence electrons. The number of para-hydroxylation sites is 1. The zero-order valence-corrected chi connectivity index (χ0v) is 10.9. The molecule has 0 heterocycles. The van der Waals surface area contributed by atoms with Crippen molar-refractivity contribution in [1.82, 2.24) is 0 Å². The van der Waals surface area contributed by atoms with E-state index in [1.807, 2.05) is 6.07 Å². The van der Waals surface area contributed by atoms with E-state index in [0.29, 0.717) is 11.1 Å². The van der Waals surface area contributed by atoms with Crippen LogP contribution in [0.1, 0.15) is 22.8 Å². The molecule has 2 aromatic carbocycles. The van der Waals surface area contributed by atoms with Crippen molar-refractivity contribution in [3.05, 3.63) is 65.7 Å². The highest BCUT2D eigenvalue weighted by atomic mass is 16.5. The van der Waals surface area contributed by atoms with E-state index >= 15 is 0 Å². The second-order valence-corrected chi connectivity index (χ2v) is 4.29. The Bertz CT molecular complexity index is 619. The third kappa shape index (κ3) is 3.03. The minimum atomic E-state index is -1.08. The van der Waals surface area contributed by atoms with Gasteiger partial charge in [-0.3, -0.25) is 4.79 Å². The zero-order valence-electron chi connectivity index (χ0n) is 10.9. The molecular formula is C16H14O4. The van der Waals surface area contributed by atoms with Gasteiger partial charge >= 0.3 is 5.97 Å². The maximum atomic E-state index is 12.4. The summed E-state index contributed by atoms with van der Waals surface area (Å²) >= 11 is 0. The standard InChI is InChI=1S/C16H14O4/c1-11(16(18)19)20-14-10-6-5-9-13(14)15(17)12-7-3-2-4-8-12/h2-11H,1H3,(H,18,19)/t11-/m0/s1. The summed E-state index contributed by atoms with van der Waals surface area (Å²) in [6.45, 7) is 1.42. The normalized spacial score (nSPS) is 11.7. The van der Waals surface area contributed by atoms with Crippen molar-refractivity contribution < 1.29 is 19.4 Å². The third-order valence-electron chi connectivity index (χ3n) is 2.82. The van der Waals surface area contributed by atoms with E-state index in [9.17, 15) is 9.59 Å². The van der Waals surface area contributed by atoms with Gasteiger partial charge in [0.05, 0.1) is 5.56 Å². The second kappa shape index (κ2) is 6.02. The van der Waals surface area contributed by atoms with Gasteiger partial charge in [-0.2, -0.15) is 0 Å². The van der Waals surface area contributed by atoms with Crippen molar-refractivity contribution in [2.45, 2.75) is 13.0 Å². The molecule has 2 rings (SSSR count). The molecule has 0 aliphatic carbocycles. The van der Waals surface area contributed by atoms with Crippen LogP contribution in [0.25, 0.3) is 0 Å². The highest BCUT2D eigenvalue weighted by molar-refractivity contribution is 6.10. The van der Waals surface area contributed by atoms with Crippen LogP contribution in [0.3, 0.4) is 0 Å². The van der Waals surface area contributed by atoms with E-state index in [4.69, 9.17) is 9.84 Å². The first-order valence-electron chi connectivity index (χ1n) is 6.18. The summed E-state index contributed by atoms with van der Waals surface area (Å²) in [5, 5.41) is 8.88. The van der Waals surface area contributed by atoms with Gasteiger partial charge in [0, 0.05) is 5.56 Å². The highest BCUT2D eigenvalue weighted by Gasteiger charge is 2.18. The van der Waals surface area contributed by atoms with Gasteiger partial charge in [-0.05, 0) is 19.1 Å².